The SMILES string of the molecule is C=C(C=C(C)c1ccccc1)C(=O)OC(CC)CCCCC. The van der Waals surface area contributed by atoms with Crippen LogP contribution in [0.2, 0.25) is 0 Å². The third-order valence-electron chi connectivity index (χ3n) is 3.74. The molecule has 2 nitrogen and oxygen atoms in total. The number of carbonyl (C=O) groups excluding carboxylic acids is 1. The van der Waals surface area contributed by atoms with Crippen LogP contribution in [0, 0.1) is 0 Å². The number of benzene rings is 1. The van der Waals surface area contributed by atoms with E-state index in [1.807, 2.05) is 37.3 Å². The quantitative estimate of drug-likeness (QED) is 0.259. The molecule has 0 aliphatic heterocycles. The molecule has 120 valence electrons. The Kier molecular flexibility index (Phi) is 8.27. The van der Waals surface area contributed by atoms with Crippen molar-refractivity contribution in [3.63, 3.8) is 0 Å². The minimum atomic E-state index is -0.307. The van der Waals surface area contributed by atoms with E-state index in [1.165, 1.54) is 12.8 Å². The fourth-order valence-corrected chi connectivity index (χ4v) is 2.30. The molecular weight excluding hydrogens is 272 g/mol. The molecule has 0 radical (unpaired) electrons. The standard InChI is InChI=1S/C20H28O2/c1-5-7-9-14-19(6-2)22-20(21)17(4)15-16(3)18-12-10-8-11-13-18/h8,10-13,15,19H,4-7,9,14H2,1-3H3. The van der Waals surface area contributed by atoms with Gasteiger partial charge in [-0.05, 0) is 43.4 Å². The van der Waals surface area contributed by atoms with Gasteiger partial charge in [0.25, 0.3) is 0 Å². The Labute approximate surface area is 134 Å². The third kappa shape index (κ3) is 6.30. The van der Waals surface area contributed by atoms with Crippen LogP contribution in [0.4, 0.5) is 0 Å². The number of hydrogen-bond acceptors (Lipinski definition) is 2. The summed E-state index contributed by atoms with van der Waals surface area (Å²) < 4.78 is 5.56. The van der Waals surface area contributed by atoms with Gasteiger partial charge < -0.3 is 4.74 Å². The second kappa shape index (κ2) is 9.99. The van der Waals surface area contributed by atoms with Crippen molar-refractivity contribution < 1.29 is 9.53 Å². The molecule has 22 heavy (non-hydrogen) atoms. The first-order chi connectivity index (χ1) is 10.6. The van der Waals surface area contributed by atoms with Gasteiger partial charge in [-0.15, -0.1) is 0 Å². The lowest BCUT2D eigenvalue weighted by Gasteiger charge is -2.16. The predicted molar refractivity (Wildman–Crippen MR) is 93.5 cm³/mol. The van der Waals surface area contributed by atoms with Crippen molar-refractivity contribution in [2.75, 3.05) is 0 Å². The Bertz CT molecular complexity index is 500. The largest absolute Gasteiger partial charge is 0.459 e. The van der Waals surface area contributed by atoms with Gasteiger partial charge in [0.1, 0.15) is 6.10 Å². The molecule has 1 rings (SSSR count). The summed E-state index contributed by atoms with van der Waals surface area (Å²) in [4.78, 5) is 12.1. The fourth-order valence-electron chi connectivity index (χ4n) is 2.30. The van der Waals surface area contributed by atoms with Gasteiger partial charge in [0.05, 0.1) is 5.57 Å². The average Bonchev–Trinajstić information content (AvgIpc) is 2.54. The van der Waals surface area contributed by atoms with Crippen molar-refractivity contribution in [2.45, 2.75) is 59.0 Å². The number of unbranched alkanes of at least 4 members (excludes halogenated alkanes) is 2. The molecule has 0 spiro atoms. The Hall–Kier alpha value is -1.83. The zero-order valence-electron chi connectivity index (χ0n) is 14.1. The summed E-state index contributed by atoms with van der Waals surface area (Å²) in [5, 5.41) is 0. The van der Waals surface area contributed by atoms with E-state index in [-0.39, 0.29) is 12.1 Å². The highest BCUT2D eigenvalue weighted by molar-refractivity contribution is 5.93. The van der Waals surface area contributed by atoms with Crippen molar-refractivity contribution in [1.29, 1.82) is 0 Å². The number of rotatable bonds is 9. The molecule has 0 saturated heterocycles. The maximum atomic E-state index is 12.1. The molecule has 0 aromatic heterocycles. The van der Waals surface area contributed by atoms with Crippen LogP contribution >= 0.6 is 0 Å². The molecule has 1 atom stereocenters. The van der Waals surface area contributed by atoms with Gasteiger partial charge in [0, 0.05) is 0 Å². The molecule has 0 aliphatic rings. The molecular formula is C20H28O2. The normalized spacial score (nSPS) is 12.8. The van der Waals surface area contributed by atoms with Crippen LogP contribution in [0.15, 0.2) is 48.6 Å². The third-order valence-corrected chi connectivity index (χ3v) is 3.74. The van der Waals surface area contributed by atoms with E-state index in [4.69, 9.17) is 4.74 Å². The molecule has 1 aromatic carbocycles. The van der Waals surface area contributed by atoms with Gasteiger partial charge in [0.15, 0.2) is 0 Å². The maximum absolute atomic E-state index is 12.1. The predicted octanol–water partition coefficient (Wildman–Crippen LogP) is 5.55. The van der Waals surface area contributed by atoms with Crippen LogP contribution in [-0.2, 0) is 9.53 Å². The molecule has 0 saturated carbocycles. The van der Waals surface area contributed by atoms with Crippen molar-refractivity contribution in [3.8, 4) is 0 Å². The summed E-state index contributed by atoms with van der Waals surface area (Å²) in [6.45, 7) is 10.1. The Morgan fingerprint density at radius 3 is 2.50 bits per heavy atom. The molecule has 1 aromatic rings. The van der Waals surface area contributed by atoms with E-state index in [0.29, 0.717) is 5.57 Å². The summed E-state index contributed by atoms with van der Waals surface area (Å²) in [7, 11) is 0. The Morgan fingerprint density at radius 1 is 1.23 bits per heavy atom. The zero-order valence-corrected chi connectivity index (χ0v) is 14.1. The first-order valence-electron chi connectivity index (χ1n) is 8.22. The minimum Gasteiger partial charge on any atom is -0.459 e. The van der Waals surface area contributed by atoms with Crippen molar-refractivity contribution >= 4 is 11.5 Å². The molecule has 2 heteroatoms. The van der Waals surface area contributed by atoms with Gasteiger partial charge in [-0.2, -0.15) is 0 Å². The van der Waals surface area contributed by atoms with Gasteiger partial charge in [-0.25, -0.2) is 4.79 Å². The average molecular weight is 300 g/mol. The topological polar surface area (TPSA) is 26.3 Å². The van der Waals surface area contributed by atoms with E-state index >= 15 is 0 Å². The first-order valence-corrected chi connectivity index (χ1v) is 8.22. The van der Waals surface area contributed by atoms with Crippen LogP contribution in [0.3, 0.4) is 0 Å². The molecule has 1 unspecified atom stereocenters. The molecule has 0 amide bonds. The molecule has 0 heterocycles. The maximum Gasteiger partial charge on any atom is 0.337 e. The van der Waals surface area contributed by atoms with E-state index in [1.54, 1.807) is 6.08 Å². The van der Waals surface area contributed by atoms with E-state index in [9.17, 15) is 4.79 Å². The molecule has 0 aliphatic carbocycles. The number of hydrogen-bond donors (Lipinski definition) is 0. The van der Waals surface area contributed by atoms with Gasteiger partial charge in [0.2, 0.25) is 0 Å². The first kappa shape index (κ1) is 18.2. The highest BCUT2D eigenvalue weighted by atomic mass is 16.5. The van der Waals surface area contributed by atoms with Crippen molar-refractivity contribution in [2.24, 2.45) is 0 Å². The second-order valence-corrected chi connectivity index (χ2v) is 5.65. The number of ether oxygens (including phenoxy) is 1. The van der Waals surface area contributed by atoms with Gasteiger partial charge in [-0.1, -0.05) is 63.6 Å². The Morgan fingerprint density at radius 2 is 1.91 bits per heavy atom. The van der Waals surface area contributed by atoms with Crippen LogP contribution in [0.5, 0.6) is 0 Å². The number of allylic oxidation sites excluding steroid dienone is 1. The van der Waals surface area contributed by atoms with Crippen molar-refractivity contribution in [1.82, 2.24) is 0 Å². The second-order valence-electron chi connectivity index (χ2n) is 5.65. The van der Waals surface area contributed by atoms with Gasteiger partial charge >= 0.3 is 5.97 Å². The minimum absolute atomic E-state index is 0.00114. The summed E-state index contributed by atoms with van der Waals surface area (Å²) in [5.41, 5.74) is 2.52. The lowest BCUT2D eigenvalue weighted by Crippen LogP contribution is -2.18. The lowest BCUT2D eigenvalue weighted by molar-refractivity contribution is -0.144. The highest BCUT2D eigenvalue weighted by Gasteiger charge is 2.14. The monoisotopic (exact) mass is 300 g/mol. The zero-order chi connectivity index (χ0) is 16.4. The summed E-state index contributed by atoms with van der Waals surface area (Å²) in [5.74, 6) is -0.307. The summed E-state index contributed by atoms with van der Waals surface area (Å²) >= 11 is 0. The number of carbonyl (C=O) groups is 1. The summed E-state index contributed by atoms with van der Waals surface area (Å²) in [6.07, 6.45) is 7.05. The number of esters is 1. The summed E-state index contributed by atoms with van der Waals surface area (Å²) in [6, 6.07) is 9.97. The van der Waals surface area contributed by atoms with Crippen LogP contribution in [-0.4, -0.2) is 12.1 Å². The smallest absolute Gasteiger partial charge is 0.337 e. The van der Waals surface area contributed by atoms with Crippen LogP contribution in [0.1, 0.15) is 58.4 Å². The lowest BCUT2D eigenvalue weighted by atomic mass is 10.1. The highest BCUT2D eigenvalue weighted by Crippen LogP contribution is 2.17. The Balaban J connectivity index is 2.59. The molecule has 0 N–H and O–H groups in total. The van der Waals surface area contributed by atoms with E-state index in [2.05, 4.69) is 20.4 Å². The van der Waals surface area contributed by atoms with E-state index in [0.717, 1.165) is 30.4 Å². The van der Waals surface area contributed by atoms with E-state index < -0.39 is 0 Å². The van der Waals surface area contributed by atoms with Crippen molar-refractivity contribution in [3.05, 3.63) is 54.1 Å². The van der Waals surface area contributed by atoms with Crippen LogP contribution in [0.25, 0.3) is 5.57 Å². The molecule has 0 bridgehead atoms. The fraction of sp³-hybridized carbons (Fsp3) is 0.450. The van der Waals surface area contributed by atoms with Crippen LogP contribution < -0.4 is 0 Å². The molecule has 0 fully saturated rings. The van der Waals surface area contributed by atoms with Gasteiger partial charge in [-0.3, -0.25) is 0 Å².